The van der Waals surface area contributed by atoms with E-state index < -0.39 is 0 Å². The van der Waals surface area contributed by atoms with Crippen molar-refractivity contribution in [1.82, 2.24) is 20.3 Å². The fourth-order valence-corrected chi connectivity index (χ4v) is 1.57. The van der Waals surface area contributed by atoms with Crippen LogP contribution in [0.4, 0.5) is 0 Å². The van der Waals surface area contributed by atoms with Crippen molar-refractivity contribution in [3.8, 4) is 0 Å². The molecule has 0 bridgehead atoms. The van der Waals surface area contributed by atoms with E-state index in [4.69, 9.17) is 4.52 Å². The average Bonchev–Trinajstić information content (AvgIpc) is 2.83. The van der Waals surface area contributed by atoms with E-state index in [9.17, 15) is 0 Å². The molecule has 0 saturated heterocycles. The van der Waals surface area contributed by atoms with Crippen LogP contribution in [0.3, 0.4) is 0 Å². The van der Waals surface area contributed by atoms with Gasteiger partial charge < -0.3 is 9.84 Å². The molecule has 2 rings (SSSR count). The topological polar surface area (TPSA) is 55.9 Å². The highest BCUT2D eigenvalue weighted by atomic mass is 16.5. The maximum absolute atomic E-state index is 5.10. The Morgan fingerprint density at radius 3 is 3.00 bits per heavy atom. The number of rotatable bonds is 5. The molecule has 0 aromatic carbocycles. The number of aromatic nitrogens is 3. The van der Waals surface area contributed by atoms with Crippen molar-refractivity contribution in [3.63, 3.8) is 0 Å². The second kappa shape index (κ2) is 4.94. The zero-order chi connectivity index (χ0) is 11.4. The highest BCUT2D eigenvalue weighted by Gasteiger charge is 2.01. The quantitative estimate of drug-likeness (QED) is 0.765. The molecule has 0 aliphatic rings. The fraction of sp³-hybridized carbons (Fsp3) is 0.455. The molecule has 2 aromatic rings. The summed E-state index contributed by atoms with van der Waals surface area (Å²) in [5.74, 6) is 0.877. The lowest BCUT2D eigenvalue weighted by Crippen LogP contribution is -2.17. The number of nitrogens with one attached hydrogen (secondary N) is 1. The Labute approximate surface area is 94.4 Å². The van der Waals surface area contributed by atoms with Crippen LogP contribution in [0.5, 0.6) is 0 Å². The molecule has 0 spiro atoms. The van der Waals surface area contributed by atoms with Crippen molar-refractivity contribution in [3.05, 3.63) is 35.5 Å². The predicted octanol–water partition coefficient (Wildman–Crippen LogP) is 1.05. The fourth-order valence-electron chi connectivity index (χ4n) is 1.57. The standard InChI is InChI=1S/C11H16N4O/c1-9-7-11(16-14-9)8-12-5-3-10-4-6-13-15(10)2/h4,6-7,12H,3,5,8H2,1-2H3. The number of nitrogens with zero attached hydrogens (tertiary/aromatic N) is 3. The van der Waals surface area contributed by atoms with Crippen molar-refractivity contribution in [2.75, 3.05) is 6.54 Å². The van der Waals surface area contributed by atoms with Gasteiger partial charge in [-0.15, -0.1) is 0 Å². The molecule has 0 saturated carbocycles. The summed E-state index contributed by atoms with van der Waals surface area (Å²) in [6.07, 6.45) is 2.78. The van der Waals surface area contributed by atoms with E-state index in [2.05, 4.69) is 15.6 Å². The minimum atomic E-state index is 0.721. The first-order valence-corrected chi connectivity index (χ1v) is 5.35. The minimum Gasteiger partial charge on any atom is -0.360 e. The van der Waals surface area contributed by atoms with Crippen LogP contribution in [0.1, 0.15) is 17.1 Å². The van der Waals surface area contributed by atoms with E-state index >= 15 is 0 Å². The summed E-state index contributed by atoms with van der Waals surface area (Å²) >= 11 is 0. The van der Waals surface area contributed by atoms with Gasteiger partial charge in [-0.05, 0) is 13.0 Å². The molecule has 0 aliphatic heterocycles. The van der Waals surface area contributed by atoms with E-state index in [0.29, 0.717) is 0 Å². The van der Waals surface area contributed by atoms with Gasteiger partial charge in [-0.1, -0.05) is 5.16 Å². The summed E-state index contributed by atoms with van der Waals surface area (Å²) in [4.78, 5) is 0. The molecule has 5 heteroatoms. The van der Waals surface area contributed by atoms with Gasteiger partial charge in [0.1, 0.15) is 0 Å². The summed E-state index contributed by atoms with van der Waals surface area (Å²) < 4.78 is 6.98. The molecular weight excluding hydrogens is 204 g/mol. The van der Waals surface area contributed by atoms with Crippen LogP contribution in [-0.2, 0) is 20.0 Å². The molecule has 0 amide bonds. The van der Waals surface area contributed by atoms with Crippen LogP contribution in [-0.4, -0.2) is 21.5 Å². The predicted molar refractivity (Wildman–Crippen MR) is 59.9 cm³/mol. The van der Waals surface area contributed by atoms with Crippen molar-refractivity contribution in [2.45, 2.75) is 19.9 Å². The Morgan fingerprint density at radius 1 is 1.50 bits per heavy atom. The van der Waals surface area contributed by atoms with Crippen molar-refractivity contribution < 1.29 is 4.52 Å². The lowest BCUT2D eigenvalue weighted by molar-refractivity contribution is 0.370. The summed E-state index contributed by atoms with van der Waals surface area (Å²) in [6.45, 7) is 3.54. The minimum absolute atomic E-state index is 0.721. The summed E-state index contributed by atoms with van der Waals surface area (Å²) in [5.41, 5.74) is 2.14. The third-order valence-electron chi connectivity index (χ3n) is 2.46. The largest absolute Gasteiger partial charge is 0.360 e. The first-order valence-electron chi connectivity index (χ1n) is 5.35. The molecule has 1 N–H and O–H groups in total. The Balaban J connectivity index is 1.71. The van der Waals surface area contributed by atoms with Crippen LogP contribution in [0, 0.1) is 6.92 Å². The first kappa shape index (κ1) is 10.9. The SMILES string of the molecule is Cc1cc(CNCCc2ccnn2C)on1. The summed E-state index contributed by atoms with van der Waals surface area (Å²) in [6, 6.07) is 3.97. The van der Waals surface area contributed by atoms with Crippen LogP contribution < -0.4 is 5.32 Å². The molecule has 16 heavy (non-hydrogen) atoms. The molecule has 2 aromatic heterocycles. The number of hydrogen-bond acceptors (Lipinski definition) is 4. The molecular formula is C11H16N4O. The third-order valence-corrected chi connectivity index (χ3v) is 2.46. The van der Waals surface area contributed by atoms with E-state index in [1.165, 1.54) is 5.69 Å². The van der Waals surface area contributed by atoms with Gasteiger partial charge in [-0.2, -0.15) is 5.10 Å². The number of aryl methyl sites for hydroxylation is 2. The lowest BCUT2D eigenvalue weighted by Gasteiger charge is -2.02. The highest BCUT2D eigenvalue weighted by Crippen LogP contribution is 2.01. The molecule has 86 valence electrons. The Kier molecular flexibility index (Phi) is 3.36. The van der Waals surface area contributed by atoms with Crippen LogP contribution in [0.15, 0.2) is 22.9 Å². The van der Waals surface area contributed by atoms with Crippen molar-refractivity contribution in [2.24, 2.45) is 7.05 Å². The lowest BCUT2D eigenvalue weighted by atomic mass is 10.3. The number of hydrogen-bond donors (Lipinski definition) is 1. The Bertz CT molecular complexity index is 446. The summed E-state index contributed by atoms with van der Waals surface area (Å²) in [7, 11) is 1.95. The van der Waals surface area contributed by atoms with Gasteiger partial charge in [0.2, 0.25) is 0 Å². The van der Waals surface area contributed by atoms with Crippen molar-refractivity contribution in [1.29, 1.82) is 0 Å². The van der Waals surface area contributed by atoms with E-state index in [1.54, 1.807) is 0 Å². The molecule has 0 fully saturated rings. The molecule has 2 heterocycles. The zero-order valence-electron chi connectivity index (χ0n) is 9.60. The molecule has 0 radical (unpaired) electrons. The van der Waals surface area contributed by atoms with Crippen LogP contribution in [0.2, 0.25) is 0 Å². The van der Waals surface area contributed by atoms with E-state index in [1.807, 2.05) is 37.0 Å². The first-order chi connectivity index (χ1) is 7.75. The highest BCUT2D eigenvalue weighted by molar-refractivity contribution is 5.03. The van der Waals surface area contributed by atoms with Gasteiger partial charge in [-0.25, -0.2) is 0 Å². The zero-order valence-corrected chi connectivity index (χ0v) is 9.60. The van der Waals surface area contributed by atoms with Gasteiger partial charge >= 0.3 is 0 Å². The third kappa shape index (κ3) is 2.70. The normalized spacial score (nSPS) is 10.9. The monoisotopic (exact) mass is 220 g/mol. The second-order valence-corrected chi connectivity index (χ2v) is 3.81. The Hall–Kier alpha value is -1.62. The van der Waals surface area contributed by atoms with E-state index in [-0.39, 0.29) is 0 Å². The Morgan fingerprint density at radius 2 is 2.38 bits per heavy atom. The van der Waals surface area contributed by atoms with Gasteiger partial charge in [0, 0.05) is 38.0 Å². The smallest absolute Gasteiger partial charge is 0.150 e. The second-order valence-electron chi connectivity index (χ2n) is 3.81. The maximum atomic E-state index is 5.10. The summed E-state index contributed by atoms with van der Waals surface area (Å²) in [5, 5.41) is 11.3. The average molecular weight is 220 g/mol. The van der Waals surface area contributed by atoms with Crippen LogP contribution in [0.25, 0.3) is 0 Å². The van der Waals surface area contributed by atoms with E-state index in [0.717, 1.165) is 31.0 Å². The maximum Gasteiger partial charge on any atom is 0.150 e. The molecule has 0 unspecified atom stereocenters. The molecule has 0 aliphatic carbocycles. The van der Waals surface area contributed by atoms with Gasteiger partial charge in [0.25, 0.3) is 0 Å². The molecule has 5 nitrogen and oxygen atoms in total. The van der Waals surface area contributed by atoms with Gasteiger partial charge in [-0.3, -0.25) is 4.68 Å². The van der Waals surface area contributed by atoms with Gasteiger partial charge in [0.15, 0.2) is 5.76 Å². The van der Waals surface area contributed by atoms with Crippen molar-refractivity contribution >= 4 is 0 Å². The molecule has 0 atom stereocenters. The van der Waals surface area contributed by atoms with Crippen LogP contribution >= 0.6 is 0 Å². The van der Waals surface area contributed by atoms with Gasteiger partial charge in [0.05, 0.1) is 12.2 Å².